The van der Waals surface area contributed by atoms with Crippen molar-refractivity contribution in [3.8, 4) is 11.3 Å². The third kappa shape index (κ3) is 5.92. The summed E-state index contributed by atoms with van der Waals surface area (Å²) >= 11 is 0. The van der Waals surface area contributed by atoms with E-state index in [-0.39, 0.29) is 29.4 Å². The molecule has 2 N–H and O–H groups in total. The number of amides is 2. The van der Waals surface area contributed by atoms with Crippen LogP contribution in [0, 0.1) is 17.0 Å². The van der Waals surface area contributed by atoms with Gasteiger partial charge in [0.05, 0.1) is 10.5 Å². The second-order valence-electron chi connectivity index (χ2n) is 8.02. The zero-order valence-corrected chi connectivity index (χ0v) is 19.4. The fourth-order valence-electron chi connectivity index (χ4n) is 3.48. The van der Waals surface area contributed by atoms with Crippen LogP contribution in [0.5, 0.6) is 0 Å². The standard InChI is InChI=1S/C28H23N3O5/c1-19-11-13-20(14-12-19)18-29-28(33)24(30-27(32)21-7-3-2-4-8-21)17-22-15-16-26(36-22)23-9-5-6-10-25(23)31(34)35/h2-17H,18H2,1H3,(H,29,33)(H,30,32)/b24-17-. The van der Waals surface area contributed by atoms with Crippen LogP contribution in [0.1, 0.15) is 27.2 Å². The van der Waals surface area contributed by atoms with E-state index in [9.17, 15) is 19.7 Å². The van der Waals surface area contributed by atoms with Gasteiger partial charge in [-0.15, -0.1) is 0 Å². The van der Waals surface area contributed by atoms with Crippen LogP contribution in [0.2, 0.25) is 0 Å². The predicted molar refractivity (Wildman–Crippen MR) is 136 cm³/mol. The monoisotopic (exact) mass is 481 g/mol. The van der Waals surface area contributed by atoms with E-state index in [1.165, 1.54) is 12.1 Å². The maximum absolute atomic E-state index is 13.0. The summed E-state index contributed by atoms with van der Waals surface area (Å²) in [6.07, 6.45) is 1.39. The lowest BCUT2D eigenvalue weighted by Gasteiger charge is -2.11. The molecule has 1 aromatic heterocycles. The van der Waals surface area contributed by atoms with Gasteiger partial charge in [0.25, 0.3) is 17.5 Å². The molecule has 0 saturated carbocycles. The van der Waals surface area contributed by atoms with E-state index in [1.807, 2.05) is 31.2 Å². The normalized spacial score (nSPS) is 11.1. The van der Waals surface area contributed by atoms with Gasteiger partial charge in [0.15, 0.2) is 0 Å². The Kier molecular flexibility index (Phi) is 7.36. The number of hydrogen-bond acceptors (Lipinski definition) is 5. The maximum atomic E-state index is 13.0. The van der Waals surface area contributed by atoms with E-state index in [2.05, 4.69) is 10.6 Å². The minimum absolute atomic E-state index is 0.0283. The quantitative estimate of drug-likeness (QED) is 0.203. The first-order valence-corrected chi connectivity index (χ1v) is 11.2. The Morgan fingerprint density at radius 1 is 0.917 bits per heavy atom. The SMILES string of the molecule is Cc1ccc(CNC(=O)/C(=C/c2ccc(-c3ccccc3[N+](=O)[O-])o2)NC(=O)c2ccccc2)cc1. The molecule has 0 saturated heterocycles. The van der Waals surface area contributed by atoms with E-state index in [0.29, 0.717) is 11.1 Å². The summed E-state index contributed by atoms with van der Waals surface area (Å²) in [7, 11) is 0. The van der Waals surface area contributed by atoms with Crippen molar-refractivity contribution in [3.63, 3.8) is 0 Å². The molecule has 0 spiro atoms. The van der Waals surface area contributed by atoms with Crippen molar-refractivity contribution in [1.82, 2.24) is 10.6 Å². The molecule has 2 amide bonds. The van der Waals surface area contributed by atoms with Gasteiger partial charge in [0.2, 0.25) is 0 Å². The van der Waals surface area contributed by atoms with Gasteiger partial charge >= 0.3 is 0 Å². The van der Waals surface area contributed by atoms with Crippen molar-refractivity contribution in [1.29, 1.82) is 0 Å². The summed E-state index contributed by atoms with van der Waals surface area (Å²) in [5.74, 6) is -0.458. The number of nitrogens with one attached hydrogen (secondary N) is 2. The number of nitro groups is 1. The van der Waals surface area contributed by atoms with E-state index in [4.69, 9.17) is 4.42 Å². The lowest BCUT2D eigenvalue weighted by atomic mass is 10.1. The number of furan rings is 1. The van der Waals surface area contributed by atoms with Gasteiger partial charge in [0.1, 0.15) is 17.2 Å². The van der Waals surface area contributed by atoms with Gasteiger partial charge < -0.3 is 15.1 Å². The summed E-state index contributed by atoms with van der Waals surface area (Å²) < 4.78 is 5.79. The van der Waals surface area contributed by atoms with E-state index in [0.717, 1.165) is 11.1 Å². The summed E-state index contributed by atoms with van der Waals surface area (Å²) in [6, 6.07) is 25.6. The van der Waals surface area contributed by atoms with Crippen LogP contribution in [0.15, 0.2) is 101 Å². The van der Waals surface area contributed by atoms with Crippen LogP contribution < -0.4 is 10.6 Å². The largest absolute Gasteiger partial charge is 0.456 e. The fourth-order valence-corrected chi connectivity index (χ4v) is 3.48. The summed E-state index contributed by atoms with van der Waals surface area (Å²) in [5, 5.41) is 16.8. The molecular formula is C28H23N3O5. The van der Waals surface area contributed by atoms with Gasteiger partial charge in [0, 0.05) is 24.3 Å². The van der Waals surface area contributed by atoms with Crippen molar-refractivity contribution in [2.24, 2.45) is 0 Å². The zero-order valence-electron chi connectivity index (χ0n) is 19.4. The van der Waals surface area contributed by atoms with Gasteiger partial charge in [-0.3, -0.25) is 19.7 Å². The van der Waals surface area contributed by atoms with Crippen LogP contribution in [-0.2, 0) is 11.3 Å². The lowest BCUT2D eigenvalue weighted by Crippen LogP contribution is -2.34. The van der Waals surface area contributed by atoms with Crippen LogP contribution in [0.4, 0.5) is 5.69 Å². The molecule has 4 rings (SSSR count). The van der Waals surface area contributed by atoms with Gasteiger partial charge in [-0.2, -0.15) is 0 Å². The van der Waals surface area contributed by atoms with Gasteiger partial charge in [-0.1, -0.05) is 60.2 Å². The van der Waals surface area contributed by atoms with E-state index < -0.39 is 16.7 Å². The van der Waals surface area contributed by atoms with Gasteiger partial charge in [-0.05, 0) is 42.8 Å². The molecule has 8 nitrogen and oxygen atoms in total. The van der Waals surface area contributed by atoms with Gasteiger partial charge in [-0.25, -0.2) is 0 Å². The average molecular weight is 482 g/mol. The number of benzene rings is 3. The number of hydrogen-bond donors (Lipinski definition) is 2. The Bertz CT molecular complexity index is 1420. The fraction of sp³-hybridized carbons (Fsp3) is 0.0714. The number of carbonyl (C=O) groups is 2. The molecule has 0 fully saturated rings. The van der Waals surface area contributed by atoms with Crippen LogP contribution in [0.25, 0.3) is 17.4 Å². The second-order valence-corrected chi connectivity index (χ2v) is 8.02. The Morgan fingerprint density at radius 2 is 1.61 bits per heavy atom. The molecule has 8 heteroatoms. The molecule has 180 valence electrons. The first-order valence-electron chi connectivity index (χ1n) is 11.2. The van der Waals surface area contributed by atoms with Crippen LogP contribution in [-0.4, -0.2) is 16.7 Å². The third-order valence-electron chi connectivity index (χ3n) is 5.38. The lowest BCUT2D eigenvalue weighted by molar-refractivity contribution is -0.384. The van der Waals surface area contributed by atoms with E-state index in [1.54, 1.807) is 60.7 Å². The maximum Gasteiger partial charge on any atom is 0.280 e. The molecule has 0 atom stereocenters. The van der Waals surface area contributed by atoms with Crippen LogP contribution in [0.3, 0.4) is 0 Å². The average Bonchev–Trinajstić information content (AvgIpc) is 3.36. The number of nitro benzene ring substituents is 1. The molecule has 0 radical (unpaired) electrons. The number of para-hydroxylation sites is 1. The zero-order chi connectivity index (χ0) is 25.5. The van der Waals surface area contributed by atoms with Crippen molar-refractivity contribution in [2.75, 3.05) is 0 Å². The molecule has 0 aliphatic rings. The van der Waals surface area contributed by atoms with Crippen molar-refractivity contribution >= 4 is 23.6 Å². The Hall–Kier alpha value is -4.98. The van der Waals surface area contributed by atoms with E-state index >= 15 is 0 Å². The van der Waals surface area contributed by atoms with Crippen molar-refractivity contribution in [3.05, 3.63) is 129 Å². The number of nitrogens with zero attached hydrogens (tertiary/aromatic N) is 1. The predicted octanol–water partition coefficient (Wildman–Crippen LogP) is 5.25. The third-order valence-corrected chi connectivity index (χ3v) is 5.38. The minimum atomic E-state index is -0.511. The molecule has 36 heavy (non-hydrogen) atoms. The molecule has 1 heterocycles. The Morgan fingerprint density at radius 3 is 2.33 bits per heavy atom. The first kappa shape index (κ1) is 24.2. The summed E-state index contributed by atoms with van der Waals surface area (Å²) in [4.78, 5) is 36.7. The van der Waals surface area contributed by atoms with Crippen LogP contribution >= 0.6 is 0 Å². The molecule has 0 aliphatic carbocycles. The first-order chi connectivity index (χ1) is 17.4. The highest BCUT2D eigenvalue weighted by Gasteiger charge is 2.19. The summed E-state index contributed by atoms with van der Waals surface area (Å²) in [5.41, 5.74) is 2.57. The molecular weight excluding hydrogens is 458 g/mol. The Balaban J connectivity index is 1.61. The van der Waals surface area contributed by atoms with Crippen molar-refractivity contribution < 1.29 is 18.9 Å². The second kappa shape index (κ2) is 11.0. The molecule has 0 unspecified atom stereocenters. The highest BCUT2D eigenvalue weighted by molar-refractivity contribution is 6.05. The van der Waals surface area contributed by atoms with Crippen molar-refractivity contribution in [2.45, 2.75) is 13.5 Å². The highest BCUT2D eigenvalue weighted by atomic mass is 16.6. The smallest absolute Gasteiger partial charge is 0.280 e. The number of aryl methyl sites for hydroxylation is 1. The Labute approximate surface area is 207 Å². The number of rotatable bonds is 8. The minimum Gasteiger partial charge on any atom is -0.456 e. The molecule has 3 aromatic carbocycles. The molecule has 0 bridgehead atoms. The summed E-state index contributed by atoms with van der Waals surface area (Å²) in [6.45, 7) is 2.24. The molecule has 0 aliphatic heterocycles. The highest BCUT2D eigenvalue weighted by Crippen LogP contribution is 2.31. The topological polar surface area (TPSA) is 114 Å². The number of carbonyl (C=O) groups excluding carboxylic acids is 2. The molecule has 4 aromatic rings.